The molecule has 1 unspecified atom stereocenters. The van der Waals surface area contributed by atoms with E-state index in [4.69, 9.17) is 16.3 Å². The van der Waals surface area contributed by atoms with Gasteiger partial charge in [-0.2, -0.15) is 0 Å². The summed E-state index contributed by atoms with van der Waals surface area (Å²) < 4.78 is 63.4. The standard InChI is InChI=1S/C24H21ClF2N6O3S/c1-36-23-20(9-15(25)11-29-23)37(34,35)33-19-5-3-17(26)21(22(19)27)13-2-4-18-14(8-13)10-30-24(32-18)31-16-6-7-28-12-16/h2-5,8-11,16,28,33H,6-7,12H2,1H3,(H,30,31,32). The van der Waals surface area contributed by atoms with Gasteiger partial charge in [-0.25, -0.2) is 32.2 Å². The van der Waals surface area contributed by atoms with Crippen LogP contribution in [0, 0.1) is 11.6 Å². The Hall–Kier alpha value is -3.61. The topological polar surface area (TPSA) is 118 Å². The van der Waals surface area contributed by atoms with Gasteiger partial charge in [0.1, 0.15) is 5.82 Å². The molecule has 0 bridgehead atoms. The number of sulfonamides is 1. The van der Waals surface area contributed by atoms with Crippen molar-refractivity contribution in [3.8, 4) is 17.0 Å². The number of halogens is 3. The summed E-state index contributed by atoms with van der Waals surface area (Å²) in [7, 11) is -3.14. The fourth-order valence-electron chi connectivity index (χ4n) is 4.07. The molecule has 0 saturated carbocycles. The Balaban J connectivity index is 1.48. The van der Waals surface area contributed by atoms with Crippen LogP contribution in [0.5, 0.6) is 5.88 Å². The van der Waals surface area contributed by atoms with Crippen molar-refractivity contribution in [2.75, 3.05) is 30.2 Å². The Morgan fingerprint density at radius 1 is 1.14 bits per heavy atom. The lowest BCUT2D eigenvalue weighted by atomic mass is 10.0. The summed E-state index contributed by atoms with van der Waals surface area (Å²) in [6.07, 6.45) is 3.74. The Morgan fingerprint density at radius 2 is 1.97 bits per heavy atom. The molecule has 13 heteroatoms. The predicted octanol–water partition coefficient (Wildman–Crippen LogP) is 4.21. The van der Waals surface area contributed by atoms with Gasteiger partial charge < -0.3 is 15.4 Å². The van der Waals surface area contributed by atoms with Gasteiger partial charge >= 0.3 is 0 Å². The van der Waals surface area contributed by atoms with Gasteiger partial charge in [0.15, 0.2) is 10.7 Å². The van der Waals surface area contributed by atoms with Gasteiger partial charge in [0, 0.05) is 30.4 Å². The van der Waals surface area contributed by atoms with Gasteiger partial charge in [0.25, 0.3) is 10.0 Å². The lowest BCUT2D eigenvalue weighted by molar-refractivity contribution is 0.385. The van der Waals surface area contributed by atoms with Crippen molar-refractivity contribution in [2.45, 2.75) is 17.4 Å². The molecule has 1 aliphatic rings. The molecular weight excluding hydrogens is 526 g/mol. The number of benzene rings is 2. The lowest BCUT2D eigenvalue weighted by Gasteiger charge is -2.14. The molecule has 3 N–H and O–H groups in total. The first-order valence-electron chi connectivity index (χ1n) is 11.2. The van der Waals surface area contributed by atoms with Crippen molar-refractivity contribution in [1.82, 2.24) is 20.3 Å². The van der Waals surface area contributed by atoms with E-state index in [-0.39, 0.29) is 22.5 Å². The summed E-state index contributed by atoms with van der Waals surface area (Å²) in [4.78, 5) is 12.2. The SMILES string of the molecule is COc1ncc(Cl)cc1S(=O)(=O)Nc1ccc(F)c(-c2ccc3nc(NC4CCNC4)ncc3c2)c1F. The largest absolute Gasteiger partial charge is 0.480 e. The maximum atomic E-state index is 15.5. The van der Waals surface area contributed by atoms with Gasteiger partial charge in [-0.15, -0.1) is 0 Å². The number of pyridine rings is 1. The van der Waals surface area contributed by atoms with E-state index in [1.807, 2.05) is 0 Å². The van der Waals surface area contributed by atoms with E-state index < -0.39 is 37.8 Å². The molecule has 2 aromatic heterocycles. The molecule has 4 aromatic rings. The van der Waals surface area contributed by atoms with Crippen molar-refractivity contribution in [3.05, 3.63) is 65.4 Å². The van der Waals surface area contributed by atoms with Gasteiger partial charge in [0.2, 0.25) is 11.8 Å². The van der Waals surface area contributed by atoms with Crippen molar-refractivity contribution >= 4 is 44.2 Å². The number of hydrogen-bond donors (Lipinski definition) is 3. The molecule has 5 rings (SSSR count). The molecule has 0 radical (unpaired) electrons. The van der Waals surface area contributed by atoms with Crippen LogP contribution in [0.2, 0.25) is 5.02 Å². The molecule has 0 spiro atoms. The number of nitrogens with one attached hydrogen (secondary N) is 3. The second kappa shape index (κ2) is 10.0. The first kappa shape index (κ1) is 25.1. The van der Waals surface area contributed by atoms with E-state index in [1.165, 1.54) is 19.4 Å². The zero-order valence-corrected chi connectivity index (χ0v) is 21.0. The van der Waals surface area contributed by atoms with Gasteiger partial charge in [-0.3, -0.25) is 4.72 Å². The third-order valence-corrected chi connectivity index (χ3v) is 7.43. The van der Waals surface area contributed by atoms with Gasteiger partial charge in [-0.1, -0.05) is 17.7 Å². The minimum Gasteiger partial charge on any atom is -0.480 e. The maximum absolute atomic E-state index is 15.5. The van der Waals surface area contributed by atoms with Crippen molar-refractivity contribution in [2.24, 2.45) is 0 Å². The van der Waals surface area contributed by atoms with Crippen LogP contribution in [0.1, 0.15) is 6.42 Å². The van der Waals surface area contributed by atoms with Crippen LogP contribution in [-0.4, -0.2) is 49.6 Å². The van der Waals surface area contributed by atoms with Crippen molar-refractivity contribution < 1.29 is 21.9 Å². The average molecular weight is 547 g/mol. The summed E-state index contributed by atoms with van der Waals surface area (Å²) in [5, 5.41) is 7.12. The van der Waals surface area contributed by atoms with E-state index in [9.17, 15) is 12.8 Å². The second-order valence-electron chi connectivity index (χ2n) is 8.35. The highest BCUT2D eigenvalue weighted by molar-refractivity contribution is 7.92. The summed E-state index contributed by atoms with van der Waals surface area (Å²) >= 11 is 5.89. The number of nitrogens with zero attached hydrogens (tertiary/aromatic N) is 3. The first-order valence-corrected chi connectivity index (χ1v) is 13.1. The molecule has 192 valence electrons. The zero-order chi connectivity index (χ0) is 26.2. The first-order chi connectivity index (χ1) is 17.7. The van der Waals surface area contributed by atoms with Crippen LogP contribution in [0.4, 0.5) is 20.4 Å². The molecule has 1 atom stereocenters. The van der Waals surface area contributed by atoms with Gasteiger partial charge in [0.05, 0.1) is 28.9 Å². The Bertz CT molecular complexity index is 1600. The van der Waals surface area contributed by atoms with E-state index in [0.717, 1.165) is 37.7 Å². The molecule has 2 aromatic carbocycles. The summed E-state index contributed by atoms with van der Waals surface area (Å²) in [5.74, 6) is -1.72. The lowest BCUT2D eigenvalue weighted by Crippen LogP contribution is -2.23. The van der Waals surface area contributed by atoms with Crippen LogP contribution in [0.3, 0.4) is 0 Å². The average Bonchev–Trinajstić information content (AvgIpc) is 3.39. The molecule has 0 amide bonds. The number of methoxy groups -OCH3 is 1. The molecule has 0 aliphatic carbocycles. The fourth-order valence-corrected chi connectivity index (χ4v) is 5.50. The zero-order valence-electron chi connectivity index (χ0n) is 19.4. The fraction of sp³-hybridized carbons (Fsp3) is 0.208. The number of aromatic nitrogens is 3. The summed E-state index contributed by atoms with van der Waals surface area (Å²) in [6.45, 7) is 1.74. The highest BCUT2D eigenvalue weighted by atomic mass is 35.5. The molecule has 1 aliphatic heterocycles. The van der Waals surface area contributed by atoms with E-state index in [2.05, 4.69) is 30.3 Å². The van der Waals surface area contributed by atoms with Crippen molar-refractivity contribution in [3.63, 3.8) is 0 Å². The predicted molar refractivity (Wildman–Crippen MR) is 136 cm³/mol. The smallest absolute Gasteiger partial charge is 0.267 e. The maximum Gasteiger partial charge on any atom is 0.267 e. The Morgan fingerprint density at radius 3 is 2.73 bits per heavy atom. The van der Waals surface area contributed by atoms with Crippen LogP contribution in [-0.2, 0) is 10.0 Å². The van der Waals surface area contributed by atoms with Crippen LogP contribution >= 0.6 is 11.6 Å². The third kappa shape index (κ3) is 5.13. The van der Waals surface area contributed by atoms with Gasteiger partial charge in [-0.05, 0) is 48.9 Å². The Kier molecular flexibility index (Phi) is 6.80. The normalized spacial score (nSPS) is 15.6. The Labute approximate surface area is 216 Å². The highest BCUT2D eigenvalue weighted by Crippen LogP contribution is 2.34. The molecule has 37 heavy (non-hydrogen) atoms. The number of anilines is 2. The number of fused-ring (bicyclic) bond motifs is 1. The third-order valence-electron chi connectivity index (χ3n) is 5.87. The highest BCUT2D eigenvalue weighted by Gasteiger charge is 2.25. The molecule has 9 nitrogen and oxygen atoms in total. The number of rotatable bonds is 7. The van der Waals surface area contributed by atoms with Crippen LogP contribution in [0.15, 0.2) is 53.7 Å². The monoisotopic (exact) mass is 546 g/mol. The number of hydrogen-bond acceptors (Lipinski definition) is 8. The molecular formula is C24H21ClF2N6O3S. The molecule has 1 fully saturated rings. The van der Waals surface area contributed by atoms with E-state index in [0.29, 0.717) is 16.9 Å². The van der Waals surface area contributed by atoms with E-state index >= 15 is 4.39 Å². The van der Waals surface area contributed by atoms with Crippen molar-refractivity contribution in [1.29, 1.82) is 0 Å². The minimum absolute atomic E-state index is 0.0399. The number of ether oxygens (including phenoxy) is 1. The molecule has 1 saturated heterocycles. The summed E-state index contributed by atoms with van der Waals surface area (Å²) in [6, 6.07) is 8.01. The quantitative estimate of drug-likeness (QED) is 0.315. The van der Waals surface area contributed by atoms with E-state index in [1.54, 1.807) is 18.3 Å². The summed E-state index contributed by atoms with van der Waals surface area (Å²) in [5.41, 5.74) is -0.0858. The second-order valence-corrected chi connectivity index (χ2v) is 10.4. The van der Waals surface area contributed by atoms with Crippen LogP contribution < -0.4 is 20.1 Å². The van der Waals surface area contributed by atoms with Crippen LogP contribution in [0.25, 0.3) is 22.0 Å². The minimum atomic E-state index is -4.38. The molecule has 3 heterocycles.